The molecule has 0 N–H and O–H groups in total. The van der Waals surface area contributed by atoms with Gasteiger partial charge in [-0.2, -0.15) is 0 Å². The first-order chi connectivity index (χ1) is 12.2. The molecule has 25 heavy (non-hydrogen) atoms. The maximum Gasteiger partial charge on any atom is 0.328 e. The summed E-state index contributed by atoms with van der Waals surface area (Å²) in [5, 5.41) is 11.0. The largest absolute Gasteiger partial charge is 0.464 e. The predicted octanol–water partition coefficient (Wildman–Crippen LogP) is 1.28. The summed E-state index contributed by atoms with van der Waals surface area (Å²) in [7, 11) is 0. The monoisotopic (exact) mass is 343 g/mol. The van der Waals surface area contributed by atoms with Gasteiger partial charge in [0.25, 0.3) is 5.91 Å². The van der Waals surface area contributed by atoms with Gasteiger partial charge in [0.05, 0.1) is 13.2 Å². The van der Waals surface area contributed by atoms with Crippen LogP contribution in [0.3, 0.4) is 0 Å². The molecule has 2 aromatic rings. The SMILES string of the molecule is CCOC(=O)[C@@H]1CCCCN1C(=O)c1ccc(Cn2cnnn2)cc1. The van der Waals surface area contributed by atoms with E-state index in [2.05, 4.69) is 15.5 Å². The van der Waals surface area contributed by atoms with E-state index in [9.17, 15) is 9.59 Å². The molecule has 2 heterocycles. The summed E-state index contributed by atoms with van der Waals surface area (Å²) in [5.74, 6) is -0.447. The van der Waals surface area contributed by atoms with Crippen LogP contribution in [0, 0.1) is 0 Å². The number of hydrogen-bond donors (Lipinski definition) is 0. The van der Waals surface area contributed by atoms with Crippen molar-refractivity contribution in [2.75, 3.05) is 13.2 Å². The van der Waals surface area contributed by atoms with Gasteiger partial charge < -0.3 is 9.64 Å². The van der Waals surface area contributed by atoms with E-state index in [1.807, 2.05) is 12.1 Å². The van der Waals surface area contributed by atoms with E-state index in [1.54, 1.807) is 28.6 Å². The Morgan fingerprint density at radius 3 is 2.72 bits per heavy atom. The van der Waals surface area contributed by atoms with Crippen LogP contribution in [0.15, 0.2) is 30.6 Å². The van der Waals surface area contributed by atoms with Crippen LogP contribution < -0.4 is 0 Å². The van der Waals surface area contributed by atoms with Gasteiger partial charge >= 0.3 is 5.97 Å². The summed E-state index contributed by atoms with van der Waals surface area (Å²) in [6, 6.07) is 6.82. The fraction of sp³-hybridized carbons (Fsp3) is 0.471. The number of ether oxygens (including phenoxy) is 1. The van der Waals surface area contributed by atoms with E-state index in [0.29, 0.717) is 31.7 Å². The van der Waals surface area contributed by atoms with Crippen LogP contribution >= 0.6 is 0 Å². The van der Waals surface area contributed by atoms with Gasteiger partial charge in [0.15, 0.2) is 0 Å². The quantitative estimate of drug-likeness (QED) is 0.760. The summed E-state index contributed by atoms with van der Waals surface area (Å²) in [6.07, 6.45) is 4.02. The van der Waals surface area contributed by atoms with Crippen LogP contribution in [0.2, 0.25) is 0 Å². The van der Waals surface area contributed by atoms with Gasteiger partial charge in [0.1, 0.15) is 12.4 Å². The summed E-state index contributed by atoms with van der Waals surface area (Å²) < 4.78 is 6.73. The van der Waals surface area contributed by atoms with Crippen molar-refractivity contribution in [1.29, 1.82) is 0 Å². The van der Waals surface area contributed by atoms with Crippen molar-refractivity contribution in [3.05, 3.63) is 41.7 Å². The highest BCUT2D eigenvalue weighted by atomic mass is 16.5. The highest BCUT2D eigenvalue weighted by Crippen LogP contribution is 2.21. The number of rotatable bonds is 5. The summed E-state index contributed by atoms with van der Waals surface area (Å²) >= 11 is 0. The van der Waals surface area contributed by atoms with Crippen LogP contribution in [0.4, 0.5) is 0 Å². The van der Waals surface area contributed by atoms with E-state index < -0.39 is 6.04 Å². The molecule has 0 spiro atoms. The van der Waals surface area contributed by atoms with Gasteiger partial charge in [0, 0.05) is 12.1 Å². The molecule has 1 atom stereocenters. The lowest BCUT2D eigenvalue weighted by Gasteiger charge is -2.34. The average molecular weight is 343 g/mol. The number of tetrazole rings is 1. The number of amides is 1. The molecule has 0 radical (unpaired) electrons. The van der Waals surface area contributed by atoms with Gasteiger partial charge in [-0.3, -0.25) is 4.79 Å². The number of piperidine rings is 1. The summed E-state index contributed by atoms with van der Waals surface area (Å²) in [5.41, 5.74) is 1.56. The molecule has 1 aromatic heterocycles. The molecule has 132 valence electrons. The molecule has 8 heteroatoms. The third kappa shape index (κ3) is 4.01. The van der Waals surface area contributed by atoms with E-state index in [4.69, 9.17) is 4.74 Å². The molecule has 1 amide bonds. The molecule has 1 saturated heterocycles. The normalized spacial score (nSPS) is 17.3. The van der Waals surface area contributed by atoms with Crippen LogP contribution in [0.25, 0.3) is 0 Å². The minimum Gasteiger partial charge on any atom is -0.464 e. The highest BCUT2D eigenvalue weighted by molar-refractivity contribution is 5.97. The second-order valence-corrected chi connectivity index (χ2v) is 5.97. The molecular weight excluding hydrogens is 322 g/mol. The number of carbonyl (C=O) groups excluding carboxylic acids is 2. The van der Waals surface area contributed by atoms with Crippen molar-refractivity contribution >= 4 is 11.9 Å². The topological polar surface area (TPSA) is 90.2 Å². The number of esters is 1. The lowest BCUT2D eigenvalue weighted by atomic mass is 10.0. The molecule has 3 rings (SSSR count). The van der Waals surface area contributed by atoms with Crippen LogP contribution in [-0.2, 0) is 16.1 Å². The fourth-order valence-electron chi connectivity index (χ4n) is 3.02. The standard InChI is InChI=1S/C17H21N5O3/c1-2-25-17(24)15-5-3-4-10-22(15)16(23)14-8-6-13(7-9-14)11-21-12-18-19-20-21/h6-9,12,15H,2-5,10-11H2,1H3/t15-/m0/s1. The number of nitrogens with zero attached hydrogens (tertiary/aromatic N) is 5. The first-order valence-corrected chi connectivity index (χ1v) is 8.46. The van der Waals surface area contributed by atoms with Crippen molar-refractivity contribution in [3.8, 4) is 0 Å². The Hall–Kier alpha value is -2.77. The maximum atomic E-state index is 12.8. The second-order valence-electron chi connectivity index (χ2n) is 5.97. The molecule has 0 aliphatic carbocycles. The van der Waals surface area contributed by atoms with Gasteiger partial charge in [-0.25, -0.2) is 9.48 Å². The Morgan fingerprint density at radius 1 is 1.24 bits per heavy atom. The van der Waals surface area contributed by atoms with Gasteiger partial charge in [0.2, 0.25) is 0 Å². The number of aromatic nitrogens is 4. The van der Waals surface area contributed by atoms with Crippen molar-refractivity contribution in [2.45, 2.75) is 38.8 Å². The van der Waals surface area contributed by atoms with Crippen LogP contribution in [-0.4, -0.2) is 56.2 Å². The summed E-state index contributed by atoms with van der Waals surface area (Å²) in [4.78, 5) is 26.6. The predicted molar refractivity (Wildman–Crippen MR) is 88.7 cm³/mol. The smallest absolute Gasteiger partial charge is 0.328 e. The van der Waals surface area contributed by atoms with E-state index in [1.165, 1.54) is 6.33 Å². The van der Waals surface area contributed by atoms with E-state index >= 15 is 0 Å². The second kappa shape index (κ2) is 7.87. The zero-order valence-corrected chi connectivity index (χ0v) is 14.2. The van der Waals surface area contributed by atoms with Crippen LogP contribution in [0.1, 0.15) is 42.1 Å². The van der Waals surface area contributed by atoms with Gasteiger partial charge in [-0.1, -0.05) is 12.1 Å². The molecule has 0 unspecified atom stereocenters. The Balaban J connectivity index is 1.71. The highest BCUT2D eigenvalue weighted by Gasteiger charge is 2.33. The minimum atomic E-state index is -0.484. The fourth-order valence-corrected chi connectivity index (χ4v) is 3.02. The molecule has 1 fully saturated rings. The van der Waals surface area contributed by atoms with Crippen molar-refractivity contribution in [2.24, 2.45) is 0 Å². The number of likely N-dealkylation sites (tertiary alicyclic amines) is 1. The molecule has 1 aliphatic rings. The number of carbonyl (C=O) groups is 2. The third-order valence-corrected chi connectivity index (χ3v) is 4.26. The lowest BCUT2D eigenvalue weighted by Crippen LogP contribution is -2.48. The van der Waals surface area contributed by atoms with E-state index in [0.717, 1.165) is 18.4 Å². The number of hydrogen-bond acceptors (Lipinski definition) is 6. The first kappa shape index (κ1) is 17.1. The Labute approximate surface area is 145 Å². The Bertz CT molecular complexity index is 714. The molecule has 0 saturated carbocycles. The van der Waals surface area contributed by atoms with Gasteiger partial charge in [-0.15, -0.1) is 5.10 Å². The third-order valence-electron chi connectivity index (χ3n) is 4.26. The van der Waals surface area contributed by atoms with Crippen LogP contribution in [0.5, 0.6) is 0 Å². The molecular formula is C17H21N5O3. The number of benzene rings is 1. The average Bonchev–Trinajstić information content (AvgIpc) is 3.15. The van der Waals surface area contributed by atoms with Crippen molar-refractivity contribution in [1.82, 2.24) is 25.1 Å². The van der Waals surface area contributed by atoms with Crippen molar-refractivity contribution < 1.29 is 14.3 Å². The maximum absolute atomic E-state index is 12.8. The van der Waals surface area contributed by atoms with Crippen molar-refractivity contribution in [3.63, 3.8) is 0 Å². The summed E-state index contributed by atoms with van der Waals surface area (Å²) in [6.45, 7) is 3.21. The molecule has 8 nitrogen and oxygen atoms in total. The first-order valence-electron chi connectivity index (χ1n) is 8.46. The van der Waals surface area contributed by atoms with E-state index in [-0.39, 0.29) is 11.9 Å². The molecule has 0 bridgehead atoms. The lowest BCUT2D eigenvalue weighted by molar-refractivity contribution is -0.149. The minimum absolute atomic E-state index is 0.133. The molecule has 1 aromatic carbocycles. The zero-order chi connectivity index (χ0) is 17.6. The Morgan fingerprint density at radius 2 is 2.04 bits per heavy atom. The zero-order valence-electron chi connectivity index (χ0n) is 14.2. The van der Waals surface area contributed by atoms with Gasteiger partial charge in [-0.05, 0) is 54.3 Å². The molecule has 1 aliphatic heterocycles. The Kier molecular flexibility index (Phi) is 5.37.